The maximum atomic E-state index is 13.2. The van der Waals surface area contributed by atoms with Crippen LogP contribution in [0.1, 0.15) is 21.5 Å². The zero-order chi connectivity index (χ0) is 13.8. The summed E-state index contributed by atoms with van der Waals surface area (Å²) in [4.78, 5) is 11.3. The lowest BCUT2D eigenvalue weighted by atomic mass is 10.1. The molecule has 0 saturated carbocycles. The van der Waals surface area contributed by atoms with Gasteiger partial charge in [-0.2, -0.15) is 0 Å². The summed E-state index contributed by atoms with van der Waals surface area (Å²) in [7, 11) is 0. The van der Waals surface area contributed by atoms with Crippen molar-refractivity contribution in [2.75, 3.05) is 5.32 Å². The molecule has 3 N–H and O–H groups in total. The van der Waals surface area contributed by atoms with Gasteiger partial charge in [-0.15, -0.1) is 0 Å². The number of aryl methyl sites for hydroxylation is 1. The molecular formula is C15H15FN2O. The van der Waals surface area contributed by atoms with Gasteiger partial charge in [0.2, 0.25) is 5.91 Å². The zero-order valence-corrected chi connectivity index (χ0v) is 10.6. The van der Waals surface area contributed by atoms with Crippen LogP contribution in [0.3, 0.4) is 0 Å². The molecule has 0 heterocycles. The van der Waals surface area contributed by atoms with Crippen molar-refractivity contribution in [1.29, 1.82) is 0 Å². The molecule has 0 radical (unpaired) electrons. The van der Waals surface area contributed by atoms with Gasteiger partial charge in [0.25, 0.3) is 0 Å². The van der Waals surface area contributed by atoms with E-state index in [4.69, 9.17) is 5.73 Å². The topological polar surface area (TPSA) is 55.1 Å². The third-order valence-electron chi connectivity index (χ3n) is 2.81. The molecular weight excluding hydrogens is 243 g/mol. The summed E-state index contributed by atoms with van der Waals surface area (Å²) in [6, 6.07) is 11.8. The number of rotatable bonds is 4. The number of hydrogen-bond donors (Lipinski definition) is 2. The van der Waals surface area contributed by atoms with Crippen LogP contribution in [0.5, 0.6) is 0 Å². The van der Waals surface area contributed by atoms with E-state index >= 15 is 0 Å². The van der Waals surface area contributed by atoms with Crippen molar-refractivity contribution >= 4 is 11.6 Å². The molecule has 0 aliphatic heterocycles. The lowest BCUT2D eigenvalue weighted by Gasteiger charge is -2.10. The second kappa shape index (κ2) is 5.52. The Morgan fingerprint density at radius 2 is 2.00 bits per heavy atom. The third kappa shape index (κ3) is 3.31. The van der Waals surface area contributed by atoms with Crippen molar-refractivity contribution in [2.45, 2.75) is 13.5 Å². The molecule has 0 aliphatic carbocycles. The maximum absolute atomic E-state index is 13.2. The van der Waals surface area contributed by atoms with Gasteiger partial charge in [0.1, 0.15) is 5.82 Å². The highest BCUT2D eigenvalue weighted by atomic mass is 19.1. The molecule has 0 unspecified atom stereocenters. The van der Waals surface area contributed by atoms with Gasteiger partial charge in [0.05, 0.1) is 0 Å². The van der Waals surface area contributed by atoms with Crippen molar-refractivity contribution in [3.05, 3.63) is 65.0 Å². The molecule has 2 aromatic rings. The highest BCUT2D eigenvalue weighted by molar-refractivity contribution is 5.94. The molecule has 2 aromatic carbocycles. The minimum Gasteiger partial charge on any atom is -0.381 e. The van der Waals surface area contributed by atoms with Gasteiger partial charge in [0.15, 0.2) is 0 Å². The number of amides is 1. The van der Waals surface area contributed by atoms with Crippen molar-refractivity contribution < 1.29 is 9.18 Å². The molecule has 98 valence electrons. The monoisotopic (exact) mass is 258 g/mol. The minimum atomic E-state index is -0.465. The summed E-state index contributed by atoms with van der Waals surface area (Å²) in [6.07, 6.45) is 0. The fraction of sp³-hybridized carbons (Fsp3) is 0.133. The summed E-state index contributed by atoms with van der Waals surface area (Å²) in [5, 5.41) is 3.09. The van der Waals surface area contributed by atoms with Gasteiger partial charge < -0.3 is 11.1 Å². The Morgan fingerprint density at radius 3 is 2.68 bits per heavy atom. The van der Waals surface area contributed by atoms with E-state index in [1.807, 2.05) is 25.1 Å². The van der Waals surface area contributed by atoms with Gasteiger partial charge in [-0.05, 0) is 42.3 Å². The van der Waals surface area contributed by atoms with Crippen LogP contribution in [0.15, 0.2) is 42.5 Å². The predicted octanol–water partition coefficient (Wildman–Crippen LogP) is 2.85. The number of benzene rings is 2. The first-order valence-electron chi connectivity index (χ1n) is 5.95. The molecule has 0 fully saturated rings. The molecule has 19 heavy (non-hydrogen) atoms. The summed E-state index contributed by atoms with van der Waals surface area (Å²) < 4.78 is 13.2. The van der Waals surface area contributed by atoms with Crippen LogP contribution < -0.4 is 11.1 Å². The predicted molar refractivity (Wildman–Crippen MR) is 73.4 cm³/mol. The van der Waals surface area contributed by atoms with Crippen molar-refractivity contribution in [3.8, 4) is 0 Å². The van der Waals surface area contributed by atoms with E-state index in [0.29, 0.717) is 17.8 Å². The molecule has 0 saturated heterocycles. The molecule has 0 atom stereocenters. The van der Waals surface area contributed by atoms with Crippen LogP contribution in [0.25, 0.3) is 0 Å². The number of carbonyl (C=O) groups is 1. The SMILES string of the molecule is Cc1cc(F)cc(NCc2ccccc2C(N)=O)c1. The first-order valence-corrected chi connectivity index (χ1v) is 5.95. The molecule has 0 aliphatic rings. The Bertz CT molecular complexity index is 591. The van der Waals surface area contributed by atoms with Crippen LogP contribution in [0.4, 0.5) is 10.1 Å². The summed E-state index contributed by atoms with van der Waals surface area (Å²) in [5.41, 5.74) is 8.09. The number of nitrogens with two attached hydrogens (primary N) is 1. The molecule has 1 amide bonds. The van der Waals surface area contributed by atoms with Crippen molar-refractivity contribution in [3.63, 3.8) is 0 Å². The molecule has 0 spiro atoms. The number of primary amides is 1. The standard InChI is InChI=1S/C15H15FN2O/c1-10-6-12(16)8-13(7-10)18-9-11-4-2-3-5-14(11)15(17)19/h2-8,18H,9H2,1H3,(H2,17,19). The fourth-order valence-corrected chi connectivity index (χ4v) is 1.95. The third-order valence-corrected chi connectivity index (χ3v) is 2.81. The first kappa shape index (κ1) is 13.1. The van der Waals surface area contributed by atoms with Gasteiger partial charge >= 0.3 is 0 Å². The number of hydrogen-bond acceptors (Lipinski definition) is 2. The van der Waals surface area contributed by atoms with E-state index in [1.165, 1.54) is 12.1 Å². The average Bonchev–Trinajstić information content (AvgIpc) is 2.35. The van der Waals surface area contributed by atoms with Crippen molar-refractivity contribution in [1.82, 2.24) is 0 Å². The maximum Gasteiger partial charge on any atom is 0.249 e. The van der Waals surface area contributed by atoms with E-state index in [0.717, 1.165) is 11.1 Å². The number of anilines is 1. The quantitative estimate of drug-likeness (QED) is 0.886. The number of halogens is 1. The summed E-state index contributed by atoms with van der Waals surface area (Å²) in [5.74, 6) is -0.751. The Balaban J connectivity index is 2.16. The first-order chi connectivity index (χ1) is 9.06. The van der Waals surface area contributed by atoms with Gasteiger partial charge in [-0.25, -0.2) is 4.39 Å². The summed E-state index contributed by atoms with van der Waals surface area (Å²) in [6.45, 7) is 2.24. The largest absolute Gasteiger partial charge is 0.381 e. The number of nitrogens with one attached hydrogen (secondary N) is 1. The Kier molecular flexibility index (Phi) is 3.80. The molecule has 3 nitrogen and oxygen atoms in total. The van der Waals surface area contributed by atoms with E-state index in [2.05, 4.69) is 5.32 Å². The van der Waals surface area contributed by atoms with E-state index in [9.17, 15) is 9.18 Å². The van der Waals surface area contributed by atoms with Gasteiger partial charge in [-0.3, -0.25) is 4.79 Å². The lowest BCUT2D eigenvalue weighted by Crippen LogP contribution is -2.15. The highest BCUT2D eigenvalue weighted by Crippen LogP contribution is 2.16. The Morgan fingerprint density at radius 1 is 1.26 bits per heavy atom. The van der Waals surface area contributed by atoms with E-state index < -0.39 is 5.91 Å². The normalized spacial score (nSPS) is 10.2. The second-order valence-electron chi connectivity index (χ2n) is 4.39. The lowest BCUT2D eigenvalue weighted by molar-refractivity contribution is 0.0999. The van der Waals surface area contributed by atoms with Crippen molar-refractivity contribution in [2.24, 2.45) is 5.73 Å². The van der Waals surface area contributed by atoms with Crippen LogP contribution >= 0.6 is 0 Å². The van der Waals surface area contributed by atoms with Crippen LogP contribution in [0.2, 0.25) is 0 Å². The second-order valence-corrected chi connectivity index (χ2v) is 4.39. The zero-order valence-electron chi connectivity index (χ0n) is 10.6. The smallest absolute Gasteiger partial charge is 0.249 e. The average molecular weight is 258 g/mol. The van der Waals surface area contributed by atoms with Crippen LogP contribution in [-0.4, -0.2) is 5.91 Å². The van der Waals surface area contributed by atoms with Crippen LogP contribution in [0, 0.1) is 12.7 Å². The Labute approximate surface area is 111 Å². The Hall–Kier alpha value is -2.36. The molecule has 2 rings (SSSR count). The molecule has 0 aromatic heterocycles. The molecule has 0 bridgehead atoms. The van der Waals surface area contributed by atoms with E-state index in [1.54, 1.807) is 12.1 Å². The number of carbonyl (C=O) groups excluding carboxylic acids is 1. The minimum absolute atomic E-state index is 0.286. The fourth-order valence-electron chi connectivity index (χ4n) is 1.95. The summed E-state index contributed by atoms with van der Waals surface area (Å²) >= 11 is 0. The van der Waals surface area contributed by atoms with E-state index in [-0.39, 0.29) is 5.82 Å². The van der Waals surface area contributed by atoms with Gasteiger partial charge in [-0.1, -0.05) is 18.2 Å². The molecule has 4 heteroatoms. The van der Waals surface area contributed by atoms with Crippen LogP contribution in [-0.2, 0) is 6.54 Å². The van der Waals surface area contributed by atoms with Gasteiger partial charge in [0, 0.05) is 17.8 Å². The highest BCUT2D eigenvalue weighted by Gasteiger charge is 2.07.